The quantitative estimate of drug-likeness (QED) is 0.620. The lowest BCUT2D eigenvalue weighted by atomic mass is 9.93. The van der Waals surface area contributed by atoms with Gasteiger partial charge in [0.15, 0.2) is 11.0 Å². The number of hydrogen-bond acceptors (Lipinski definition) is 8. The third kappa shape index (κ3) is 3.44. The molecule has 0 aliphatic carbocycles. The number of carbonyl (C=O) groups is 1. The van der Waals surface area contributed by atoms with E-state index in [2.05, 4.69) is 35.9 Å². The monoisotopic (exact) mass is 388 g/mol. The molecule has 3 aromatic rings. The van der Waals surface area contributed by atoms with Crippen LogP contribution in [0.25, 0.3) is 5.82 Å². The third-order valence-corrected chi connectivity index (χ3v) is 5.63. The lowest BCUT2D eigenvalue weighted by Gasteiger charge is -2.31. The molecule has 142 valence electrons. The summed E-state index contributed by atoms with van der Waals surface area (Å²) < 4.78 is 3.45. The highest BCUT2D eigenvalue weighted by atomic mass is 32.2. The molecule has 3 aromatic heterocycles. The Labute approximate surface area is 159 Å². The van der Waals surface area contributed by atoms with Crippen molar-refractivity contribution in [2.24, 2.45) is 13.0 Å². The molecule has 1 aliphatic heterocycles. The number of carbonyl (C=O) groups excluding carboxylic acids is 1. The molecule has 1 aliphatic rings. The van der Waals surface area contributed by atoms with Crippen molar-refractivity contribution in [3.05, 3.63) is 23.9 Å². The van der Waals surface area contributed by atoms with Crippen LogP contribution in [0.3, 0.4) is 0 Å². The molecule has 0 aromatic carbocycles. The van der Waals surface area contributed by atoms with E-state index in [4.69, 9.17) is 0 Å². The lowest BCUT2D eigenvalue weighted by molar-refractivity contribution is 0.0689. The SMILES string of the molecule is CSc1nnc(CC2CCN(C(=O)c3cn[nH]c3-n3cnnn3)CC2)n1C. The Balaban J connectivity index is 1.39. The minimum atomic E-state index is -0.0592. The van der Waals surface area contributed by atoms with Crippen molar-refractivity contribution in [3.8, 4) is 5.82 Å². The largest absolute Gasteiger partial charge is 0.338 e. The van der Waals surface area contributed by atoms with E-state index in [1.807, 2.05) is 22.8 Å². The fourth-order valence-corrected chi connectivity index (χ4v) is 3.85. The van der Waals surface area contributed by atoms with Crippen LogP contribution in [0.15, 0.2) is 17.7 Å². The normalized spacial score (nSPS) is 15.4. The zero-order valence-corrected chi connectivity index (χ0v) is 15.9. The summed E-state index contributed by atoms with van der Waals surface area (Å²) in [6.45, 7) is 1.41. The molecule has 4 rings (SSSR count). The molecule has 4 heterocycles. The minimum absolute atomic E-state index is 0.0592. The van der Waals surface area contributed by atoms with E-state index >= 15 is 0 Å². The molecular weight excluding hydrogens is 368 g/mol. The van der Waals surface area contributed by atoms with Crippen molar-refractivity contribution in [1.29, 1.82) is 0 Å². The number of aromatic amines is 1. The maximum atomic E-state index is 12.9. The van der Waals surface area contributed by atoms with Crippen LogP contribution in [-0.2, 0) is 13.5 Å². The van der Waals surface area contributed by atoms with Gasteiger partial charge in [-0.1, -0.05) is 11.8 Å². The number of H-pyrrole nitrogens is 1. The Morgan fingerprint density at radius 2 is 2.15 bits per heavy atom. The van der Waals surface area contributed by atoms with Gasteiger partial charge < -0.3 is 9.47 Å². The van der Waals surface area contributed by atoms with Crippen LogP contribution < -0.4 is 0 Å². The average molecular weight is 388 g/mol. The molecule has 0 radical (unpaired) electrons. The summed E-state index contributed by atoms with van der Waals surface area (Å²) in [5.74, 6) is 1.92. The lowest BCUT2D eigenvalue weighted by Crippen LogP contribution is -2.39. The van der Waals surface area contributed by atoms with Gasteiger partial charge in [-0.2, -0.15) is 9.78 Å². The van der Waals surface area contributed by atoms with Crippen LogP contribution in [0, 0.1) is 5.92 Å². The van der Waals surface area contributed by atoms with Crippen molar-refractivity contribution in [3.63, 3.8) is 0 Å². The van der Waals surface area contributed by atoms with Gasteiger partial charge >= 0.3 is 0 Å². The smallest absolute Gasteiger partial charge is 0.259 e. The standard InChI is InChI=1S/C15H20N10OS/c1-23-12(18-20-15(23)27-2)7-10-3-5-24(6-4-10)14(26)11-8-16-19-13(11)25-9-17-21-22-25/h8-10H,3-7H2,1-2H3,(H,16,19). The van der Waals surface area contributed by atoms with Gasteiger partial charge in [-0.15, -0.1) is 15.3 Å². The molecule has 0 bridgehead atoms. The first-order chi connectivity index (χ1) is 13.2. The molecule has 1 N–H and O–H groups in total. The maximum absolute atomic E-state index is 12.9. The topological polar surface area (TPSA) is 123 Å². The number of tetrazole rings is 1. The molecule has 1 saturated heterocycles. The molecule has 0 unspecified atom stereocenters. The Morgan fingerprint density at radius 3 is 2.81 bits per heavy atom. The summed E-state index contributed by atoms with van der Waals surface area (Å²) in [6, 6.07) is 0. The second-order valence-corrected chi connectivity index (χ2v) is 7.26. The highest BCUT2D eigenvalue weighted by Gasteiger charge is 2.27. The number of rotatable bonds is 5. The van der Waals surface area contributed by atoms with Gasteiger partial charge in [-0.25, -0.2) is 0 Å². The van der Waals surface area contributed by atoms with Crippen LogP contribution in [0.1, 0.15) is 29.0 Å². The third-order valence-electron chi connectivity index (χ3n) is 4.91. The highest BCUT2D eigenvalue weighted by Crippen LogP contribution is 2.24. The number of hydrogen-bond donors (Lipinski definition) is 1. The molecule has 0 spiro atoms. The fourth-order valence-electron chi connectivity index (χ4n) is 3.34. The number of likely N-dealkylation sites (tertiary alicyclic amines) is 1. The summed E-state index contributed by atoms with van der Waals surface area (Å²) in [5.41, 5.74) is 0.471. The van der Waals surface area contributed by atoms with Gasteiger partial charge in [-0.05, 0) is 35.4 Å². The molecule has 27 heavy (non-hydrogen) atoms. The molecule has 12 heteroatoms. The Bertz CT molecular complexity index is 909. The molecular formula is C15H20N10OS. The summed E-state index contributed by atoms with van der Waals surface area (Å²) in [4.78, 5) is 14.8. The van der Waals surface area contributed by atoms with Crippen molar-refractivity contribution in [1.82, 2.24) is 50.1 Å². The Hall–Kier alpha value is -2.76. The predicted octanol–water partition coefficient (Wildman–Crippen LogP) is 0.331. The average Bonchev–Trinajstić information content (AvgIpc) is 3.43. The van der Waals surface area contributed by atoms with E-state index < -0.39 is 0 Å². The predicted molar refractivity (Wildman–Crippen MR) is 96.4 cm³/mol. The number of aromatic nitrogens is 9. The first-order valence-corrected chi connectivity index (χ1v) is 9.88. The van der Waals surface area contributed by atoms with Gasteiger partial charge in [-0.3, -0.25) is 9.89 Å². The zero-order chi connectivity index (χ0) is 18.8. The van der Waals surface area contributed by atoms with Crippen LogP contribution in [0.4, 0.5) is 0 Å². The van der Waals surface area contributed by atoms with E-state index in [-0.39, 0.29) is 5.91 Å². The number of nitrogens with zero attached hydrogens (tertiary/aromatic N) is 9. The van der Waals surface area contributed by atoms with Gasteiger partial charge in [0.05, 0.1) is 6.20 Å². The number of nitrogens with one attached hydrogen (secondary N) is 1. The zero-order valence-electron chi connectivity index (χ0n) is 15.1. The number of amides is 1. The van der Waals surface area contributed by atoms with Gasteiger partial charge in [0.2, 0.25) is 0 Å². The van der Waals surface area contributed by atoms with Crippen LogP contribution in [0.2, 0.25) is 0 Å². The van der Waals surface area contributed by atoms with E-state index in [0.717, 1.165) is 30.2 Å². The summed E-state index contributed by atoms with van der Waals surface area (Å²) in [7, 11) is 2.00. The maximum Gasteiger partial charge on any atom is 0.259 e. The van der Waals surface area contributed by atoms with Crippen molar-refractivity contribution < 1.29 is 4.79 Å². The van der Waals surface area contributed by atoms with Crippen molar-refractivity contribution >= 4 is 17.7 Å². The first-order valence-electron chi connectivity index (χ1n) is 8.65. The number of piperidine rings is 1. The van der Waals surface area contributed by atoms with E-state index in [0.29, 0.717) is 30.4 Å². The molecule has 11 nitrogen and oxygen atoms in total. The summed E-state index contributed by atoms with van der Waals surface area (Å²) in [5, 5.41) is 27.2. The van der Waals surface area contributed by atoms with Crippen molar-refractivity contribution in [2.75, 3.05) is 19.3 Å². The second kappa shape index (κ2) is 7.47. The molecule has 0 saturated carbocycles. The van der Waals surface area contributed by atoms with E-state index in [1.54, 1.807) is 11.8 Å². The van der Waals surface area contributed by atoms with Gasteiger partial charge in [0.1, 0.15) is 17.7 Å². The molecule has 1 fully saturated rings. The van der Waals surface area contributed by atoms with Crippen LogP contribution in [0.5, 0.6) is 0 Å². The highest BCUT2D eigenvalue weighted by molar-refractivity contribution is 7.98. The summed E-state index contributed by atoms with van der Waals surface area (Å²) in [6.07, 6.45) is 7.71. The molecule has 1 amide bonds. The Kier molecular flexibility index (Phi) is 4.88. The fraction of sp³-hybridized carbons (Fsp3) is 0.533. The van der Waals surface area contributed by atoms with E-state index in [9.17, 15) is 4.79 Å². The minimum Gasteiger partial charge on any atom is -0.338 e. The Morgan fingerprint density at radius 1 is 1.33 bits per heavy atom. The molecule has 0 atom stereocenters. The van der Waals surface area contributed by atoms with Gasteiger partial charge in [0, 0.05) is 26.6 Å². The first kappa shape index (κ1) is 17.6. The number of thioether (sulfide) groups is 1. The second-order valence-electron chi connectivity index (χ2n) is 6.49. The van der Waals surface area contributed by atoms with Gasteiger partial charge in [0.25, 0.3) is 5.91 Å². The van der Waals surface area contributed by atoms with E-state index in [1.165, 1.54) is 17.2 Å². The summed E-state index contributed by atoms with van der Waals surface area (Å²) >= 11 is 1.59. The van der Waals surface area contributed by atoms with Crippen molar-refractivity contribution in [2.45, 2.75) is 24.4 Å². The van der Waals surface area contributed by atoms with Crippen LogP contribution >= 0.6 is 11.8 Å². The van der Waals surface area contributed by atoms with Crippen LogP contribution in [-0.4, -0.2) is 75.3 Å².